The van der Waals surface area contributed by atoms with Gasteiger partial charge < -0.3 is 5.32 Å². The van der Waals surface area contributed by atoms with Crippen LogP contribution in [0.4, 0.5) is 11.4 Å². The predicted molar refractivity (Wildman–Crippen MR) is 64.9 cm³/mol. The molecule has 0 spiro atoms. The van der Waals surface area contributed by atoms with Gasteiger partial charge in [0.2, 0.25) is 5.91 Å². The largest absolute Gasteiger partial charge is 0.321 e. The number of rotatable bonds is 2. The molecule has 86 valence electrons. The minimum absolute atomic E-state index is 0.0710. The fourth-order valence-electron chi connectivity index (χ4n) is 1.74. The number of hydrogen-bond acceptors (Lipinski definition) is 3. The van der Waals surface area contributed by atoms with E-state index in [1.807, 2.05) is 6.07 Å². The minimum atomic E-state index is -0.479. The molecular weight excluding hydrogens is 220 g/mol. The monoisotopic (exact) mass is 230 g/mol. The van der Waals surface area contributed by atoms with Crippen molar-refractivity contribution in [3.05, 3.63) is 46.5 Å². The second-order valence-electron chi connectivity index (χ2n) is 3.62. The van der Waals surface area contributed by atoms with Gasteiger partial charge in [0, 0.05) is 6.92 Å². The summed E-state index contributed by atoms with van der Waals surface area (Å²) in [5, 5.41) is 14.8. The number of anilines is 1. The molecule has 5 nitrogen and oxygen atoms in total. The van der Waals surface area contributed by atoms with Crippen molar-refractivity contribution in [3.63, 3.8) is 0 Å². The van der Waals surface area contributed by atoms with Gasteiger partial charge >= 0.3 is 0 Å². The summed E-state index contributed by atoms with van der Waals surface area (Å²) in [5.74, 6) is -0.330. The topological polar surface area (TPSA) is 72.2 Å². The molecule has 2 rings (SSSR count). The molecule has 1 amide bonds. The summed E-state index contributed by atoms with van der Waals surface area (Å²) in [6, 6.07) is 10.3. The lowest BCUT2D eigenvalue weighted by atomic mass is 10.1. The summed E-state index contributed by atoms with van der Waals surface area (Å²) < 4.78 is 0. The number of benzene rings is 2. The van der Waals surface area contributed by atoms with Crippen LogP contribution in [-0.4, -0.2) is 10.8 Å². The first kappa shape index (κ1) is 11.1. The average Bonchev–Trinajstić information content (AvgIpc) is 2.27. The summed E-state index contributed by atoms with van der Waals surface area (Å²) in [6.07, 6.45) is 0. The fraction of sp³-hybridized carbons (Fsp3) is 0.0833. The lowest BCUT2D eigenvalue weighted by Crippen LogP contribution is -2.08. The summed E-state index contributed by atoms with van der Waals surface area (Å²) in [7, 11) is 0. The number of hydrogen-bond donors (Lipinski definition) is 1. The zero-order valence-electron chi connectivity index (χ0n) is 9.14. The maximum absolute atomic E-state index is 11.1. The Hall–Kier alpha value is -2.43. The van der Waals surface area contributed by atoms with Crippen LogP contribution < -0.4 is 5.32 Å². The van der Waals surface area contributed by atoms with Crippen LogP contribution in [0.3, 0.4) is 0 Å². The standard InChI is InChI=1S/C12H10N2O3/c1-8(15)13-11-7-6-9-4-2-3-5-10(9)12(11)14(16)17/h2-7H,1H3,(H,13,15). The van der Waals surface area contributed by atoms with Gasteiger partial charge in [0.05, 0.1) is 10.3 Å². The highest BCUT2D eigenvalue weighted by Crippen LogP contribution is 2.33. The molecule has 0 saturated heterocycles. The number of amides is 1. The summed E-state index contributed by atoms with van der Waals surface area (Å²) in [6.45, 7) is 1.32. The van der Waals surface area contributed by atoms with Crippen molar-refractivity contribution in [3.8, 4) is 0 Å². The Balaban J connectivity index is 2.72. The van der Waals surface area contributed by atoms with Crippen molar-refractivity contribution in [1.29, 1.82) is 0 Å². The first-order valence-electron chi connectivity index (χ1n) is 5.03. The van der Waals surface area contributed by atoms with Crippen LogP contribution >= 0.6 is 0 Å². The molecular formula is C12H10N2O3. The minimum Gasteiger partial charge on any atom is -0.321 e. The molecule has 2 aromatic carbocycles. The molecule has 0 atom stereocenters. The first-order chi connectivity index (χ1) is 8.09. The van der Waals surface area contributed by atoms with Gasteiger partial charge in [0.1, 0.15) is 5.69 Å². The lowest BCUT2D eigenvalue weighted by Gasteiger charge is -2.06. The molecule has 0 aliphatic carbocycles. The maximum atomic E-state index is 11.1. The molecule has 0 saturated carbocycles. The number of nitrogens with one attached hydrogen (secondary N) is 1. The molecule has 0 aromatic heterocycles. The van der Waals surface area contributed by atoms with Gasteiger partial charge in [-0.15, -0.1) is 0 Å². The van der Waals surface area contributed by atoms with Crippen molar-refractivity contribution in [2.75, 3.05) is 5.32 Å². The van der Waals surface area contributed by atoms with Crippen LogP contribution in [0.2, 0.25) is 0 Å². The van der Waals surface area contributed by atoms with Gasteiger partial charge in [0.15, 0.2) is 0 Å². The highest BCUT2D eigenvalue weighted by Gasteiger charge is 2.18. The number of carbonyl (C=O) groups excluding carboxylic acids is 1. The predicted octanol–water partition coefficient (Wildman–Crippen LogP) is 2.71. The summed E-state index contributed by atoms with van der Waals surface area (Å²) >= 11 is 0. The van der Waals surface area contributed by atoms with Crippen LogP contribution in [0.25, 0.3) is 10.8 Å². The van der Waals surface area contributed by atoms with E-state index in [2.05, 4.69) is 5.32 Å². The third-order valence-corrected chi connectivity index (χ3v) is 2.39. The lowest BCUT2D eigenvalue weighted by molar-refractivity contribution is -0.382. The van der Waals surface area contributed by atoms with E-state index in [4.69, 9.17) is 0 Å². The molecule has 0 aliphatic heterocycles. The van der Waals surface area contributed by atoms with Gasteiger partial charge in [-0.3, -0.25) is 14.9 Å². The molecule has 5 heteroatoms. The van der Waals surface area contributed by atoms with Crippen molar-refractivity contribution in [2.24, 2.45) is 0 Å². The molecule has 17 heavy (non-hydrogen) atoms. The quantitative estimate of drug-likeness (QED) is 0.636. The molecule has 1 N–H and O–H groups in total. The van der Waals surface area contributed by atoms with Gasteiger partial charge in [-0.25, -0.2) is 0 Å². The van der Waals surface area contributed by atoms with E-state index >= 15 is 0 Å². The Kier molecular flexibility index (Phi) is 2.74. The number of nitrogens with zero attached hydrogens (tertiary/aromatic N) is 1. The van der Waals surface area contributed by atoms with Crippen molar-refractivity contribution < 1.29 is 9.72 Å². The zero-order chi connectivity index (χ0) is 12.4. The Labute approximate surface area is 97.2 Å². The van der Waals surface area contributed by atoms with E-state index in [0.717, 1.165) is 5.39 Å². The third-order valence-electron chi connectivity index (χ3n) is 2.39. The number of nitro benzene ring substituents is 1. The second-order valence-corrected chi connectivity index (χ2v) is 3.62. The van der Waals surface area contributed by atoms with Crippen LogP contribution in [0.15, 0.2) is 36.4 Å². The molecule has 0 radical (unpaired) electrons. The van der Waals surface area contributed by atoms with Gasteiger partial charge in [-0.1, -0.05) is 24.3 Å². The van der Waals surface area contributed by atoms with Gasteiger partial charge in [-0.05, 0) is 17.5 Å². The average molecular weight is 230 g/mol. The van der Waals surface area contributed by atoms with Crippen LogP contribution in [-0.2, 0) is 4.79 Å². The van der Waals surface area contributed by atoms with E-state index in [0.29, 0.717) is 5.39 Å². The van der Waals surface area contributed by atoms with E-state index in [1.165, 1.54) is 6.92 Å². The van der Waals surface area contributed by atoms with Crippen LogP contribution in [0.5, 0.6) is 0 Å². The molecule has 0 bridgehead atoms. The Morgan fingerprint density at radius 1 is 1.24 bits per heavy atom. The first-order valence-corrected chi connectivity index (χ1v) is 5.03. The van der Waals surface area contributed by atoms with Gasteiger partial charge in [-0.2, -0.15) is 0 Å². The van der Waals surface area contributed by atoms with Crippen LogP contribution in [0.1, 0.15) is 6.92 Å². The third kappa shape index (κ3) is 2.08. The Bertz CT molecular complexity index is 608. The van der Waals surface area contributed by atoms with E-state index in [9.17, 15) is 14.9 Å². The summed E-state index contributed by atoms with van der Waals surface area (Å²) in [5.41, 5.74) is 0.152. The molecule has 0 aliphatic rings. The second kappa shape index (κ2) is 4.21. The highest BCUT2D eigenvalue weighted by atomic mass is 16.6. The van der Waals surface area contributed by atoms with Crippen molar-refractivity contribution in [1.82, 2.24) is 0 Å². The normalized spacial score (nSPS) is 10.2. The maximum Gasteiger partial charge on any atom is 0.300 e. The van der Waals surface area contributed by atoms with Crippen LogP contribution in [0, 0.1) is 10.1 Å². The van der Waals surface area contributed by atoms with Crippen molar-refractivity contribution in [2.45, 2.75) is 6.92 Å². The summed E-state index contributed by atoms with van der Waals surface area (Å²) in [4.78, 5) is 21.6. The van der Waals surface area contributed by atoms with E-state index in [-0.39, 0.29) is 17.3 Å². The SMILES string of the molecule is CC(=O)Nc1ccc2ccccc2c1[N+](=O)[O-]. The van der Waals surface area contributed by atoms with Crippen molar-refractivity contribution >= 4 is 28.1 Å². The number of carbonyl (C=O) groups is 1. The molecule has 0 heterocycles. The van der Waals surface area contributed by atoms with E-state index in [1.54, 1.807) is 30.3 Å². The molecule has 0 unspecified atom stereocenters. The number of nitro groups is 1. The Morgan fingerprint density at radius 3 is 2.59 bits per heavy atom. The van der Waals surface area contributed by atoms with Gasteiger partial charge in [0.25, 0.3) is 5.69 Å². The fourth-order valence-corrected chi connectivity index (χ4v) is 1.74. The van der Waals surface area contributed by atoms with E-state index < -0.39 is 4.92 Å². The molecule has 0 fully saturated rings. The number of fused-ring (bicyclic) bond motifs is 1. The zero-order valence-corrected chi connectivity index (χ0v) is 9.14. The highest BCUT2D eigenvalue weighted by molar-refractivity contribution is 6.01. The smallest absolute Gasteiger partial charge is 0.300 e. The molecule has 2 aromatic rings. The Morgan fingerprint density at radius 2 is 1.94 bits per heavy atom.